The Hall–Kier alpha value is -3.58. The molecule has 1 aromatic heterocycles. The lowest BCUT2D eigenvalue weighted by Crippen LogP contribution is -2.47. The van der Waals surface area contributed by atoms with Gasteiger partial charge in [-0.1, -0.05) is 75.6 Å². The second-order valence-electron chi connectivity index (χ2n) is 10.4. The van der Waals surface area contributed by atoms with E-state index in [2.05, 4.69) is 29.0 Å². The number of aromatic amines is 1. The Bertz CT molecular complexity index is 1180. The van der Waals surface area contributed by atoms with Crippen LogP contribution >= 0.6 is 0 Å². The number of phenols is 1. The summed E-state index contributed by atoms with van der Waals surface area (Å²) in [5.41, 5.74) is 2.99. The molecule has 1 saturated carbocycles. The first-order chi connectivity index (χ1) is 19.0. The summed E-state index contributed by atoms with van der Waals surface area (Å²) in [5.74, 6) is -0.256. The Morgan fingerprint density at radius 3 is 2.28 bits per heavy atom. The molecule has 1 atom stereocenters. The molecular weight excluding hydrogens is 488 g/mol. The van der Waals surface area contributed by atoms with Crippen molar-refractivity contribution in [2.45, 2.75) is 64.5 Å². The van der Waals surface area contributed by atoms with Gasteiger partial charge >= 0.3 is 0 Å². The molecule has 0 bridgehead atoms. The van der Waals surface area contributed by atoms with Crippen LogP contribution in [0.4, 0.5) is 0 Å². The molecule has 0 radical (unpaired) electrons. The van der Waals surface area contributed by atoms with Crippen LogP contribution in [-0.2, 0) is 4.79 Å². The fraction of sp³-hybridized carbons (Fsp3) is 0.438. The van der Waals surface area contributed by atoms with E-state index in [1.807, 2.05) is 36.4 Å². The summed E-state index contributed by atoms with van der Waals surface area (Å²) in [7, 11) is 0. The normalized spacial score (nSPS) is 14.7. The lowest BCUT2D eigenvalue weighted by atomic mass is 9.94. The molecule has 2 amide bonds. The number of nitrogens with one attached hydrogen (secondary N) is 2. The van der Waals surface area contributed by atoms with Crippen LogP contribution in [0.2, 0.25) is 0 Å². The van der Waals surface area contributed by atoms with Crippen LogP contribution in [0.1, 0.15) is 74.5 Å². The van der Waals surface area contributed by atoms with Gasteiger partial charge in [-0.15, -0.1) is 0 Å². The minimum atomic E-state index is -0.805. The average molecular weight is 531 g/mol. The maximum atomic E-state index is 14.1. The Kier molecular flexibility index (Phi) is 10.2. The van der Waals surface area contributed by atoms with Crippen LogP contribution in [0.15, 0.2) is 66.7 Å². The molecule has 1 aliphatic carbocycles. The van der Waals surface area contributed by atoms with Gasteiger partial charge in [-0.3, -0.25) is 9.59 Å². The minimum absolute atomic E-state index is 0.119. The zero-order valence-electron chi connectivity index (χ0n) is 23.2. The number of benzene rings is 2. The molecule has 208 valence electrons. The van der Waals surface area contributed by atoms with Gasteiger partial charge in [-0.05, 0) is 74.3 Å². The number of rotatable bonds is 12. The van der Waals surface area contributed by atoms with Crippen molar-refractivity contribution in [2.75, 3.05) is 26.2 Å². The van der Waals surface area contributed by atoms with Gasteiger partial charge in [0.25, 0.3) is 5.91 Å². The summed E-state index contributed by atoms with van der Waals surface area (Å²) in [6.07, 6.45) is 6.06. The first-order valence-corrected chi connectivity index (χ1v) is 14.4. The van der Waals surface area contributed by atoms with E-state index in [1.165, 1.54) is 6.42 Å². The van der Waals surface area contributed by atoms with Crippen LogP contribution in [0, 0.1) is 0 Å². The monoisotopic (exact) mass is 530 g/mol. The summed E-state index contributed by atoms with van der Waals surface area (Å²) >= 11 is 0. The topological polar surface area (TPSA) is 88.7 Å². The van der Waals surface area contributed by atoms with E-state index in [9.17, 15) is 14.7 Å². The van der Waals surface area contributed by atoms with Crippen molar-refractivity contribution in [1.82, 2.24) is 20.1 Å². The average Bonchev–Trinajstić information content (AvgIpc) is 3.47. The third-order valence-electron chi connectivity index (χ3n) is 7.75. The first-order valence-electron chi connectivity index (χ1n) is 14.4. The fourth-order valence-corrected chi connectivity index (χ4v) is 5.47. The molecule has 0 saturated heterocycles. The van der Waals surface area contributed by atoms with Gasteiger partial charge in [0.05, 0.1) is 0 Å². The van der Waals surface area contributed by atoms with Crippen LogP contribution in [0.25, 0.3) is 11.3 Å². The molecule has 7 heteroatoms. The number of H-pyrrole nitrogens is 1. The first kappa shape index (κ1) is 28.4. The molecular formula is C32H42N4O3. The van der Waals surface area contributed by atoms with Gasteiger partial charge < -0.3 is 25.2 Å². The van der Waals surface area contributed by atoms with Crippen molar-refractivity contribution >= 4 is 11.8 Å². The van der Waals surface area contributed by atoms with E-state index in [0.29, 0.717) is 17.8 Å². The summed E-state index contributed by atoms with van der Waals surface area (Å²) in [4.78, 5) is 35.4. The quantitative estimate of drug-likeness (QED) is 0.278. The Morgan fingerprint density at radius 2 is 1.62 bits per heavy atom. The summed E-state index contributed by atoms with van der Waals surface area (Å²) < 4.78 is 0. The second-order valence-corrected chi connectivity index (χ2v) is 10.4. The SMILES string of the molecule is CCN(CC)CCCN(C(=O)c1ccc(-c2ccccc2)[nH]1)[C@H](C(=O)NC1CCCCC1)c1ccc(O)cc1. The highest BCUT2D eigenvalue weighted by molar-refractivity contribution is 5.97. The van der Waals surface area contributed by atoms with Crippen LogP contribution < -0.4 is 5.32 Å². The van der Waals surface area contributed by atoms with Gasteiger partial charge in [0, 0.05) is 18.3 Å². The summed E-state index contributed by atoms with van der Waals surface area (Å²) in [5, 5.41) is 13.2. The number of amides is 2. The van der Waals surface area contributed by atoms with Crippen molar-refractivity contribution in [1.29, 1.82) is 0 Å². The van der Waals surface area contributed by atoms with Gasteiger partial charge in [0.2, 0.25) is 5.91 Å². The maximum absolute atomic E-state index is 14.1. The number of hydrogen-bond acceptors (Lipinski definition) is 4. The smallest absolute Gasteiger partial charge is 0.271 e. The van der Waals surface area contributed by atoms with Gasteiger partial charge in [-0.25, -0.2) is 0 Å². The zero-order valence-corrected chi connectivity index (χ0v) is 23.2. The van der Waals surface area contributed by atoms with Gasteiger partial charge in [0.15, 0.2) is 0 Å². The summed E-state index contributed by atoms with van der Waals surface area (Å²) in [6, 6.07) is 19.6. The van der Waals surface area contributed by atoms with Crippen molar-refractivity contribution in [3.8, 4) is 17.0 Å². The molecule has 1 fully saturated rings. The van der Waals surface area contributed by atoms with Crippen LogP contribution in [-0.4, -0.2) is 63.9 Å². The Balaban J connectivity index is 1.66. The number of phenolic OH excluding ortho intramolecular Hbond substituents is 1. The van der Waals surface area contributed by atoms with Crippen molar-refractivity contribution in [3.63, 3.8) is 0 Å². The van der Waals surface area contributed by atoms with Crippen molar-refractivity contribution in [3.05, 3.63) is 78.0 Å². The van der Waals surface area contributed by atoms with Crippen molar-refractivity contribution < 1.29 is 14.7 Å². The van der Waals surface area contributed by atoms with Crippen molar-refractivity contribution in [2.24, 2.45) is 0 Å². The minimum Gasteiger partial charge on any atom is -0.508 e. The van der Waals surface area contributed by atoms with E-state index < -0.39 is 6.04 Å². The largest absolute Gasteiger partial charge is 0.508 e. The Labute approximate surface area is 232 Å². The maximum Gasteiger partial charge on any atom is 0.271 e. The highest BCUT2D eigenvalue weighted by Gasteiger charge is 2.34. The number of hydrogen-bond donors (Lipinski definition) is 3. The number of nitrogens with zero attached hydrogens (tertiary/aromatic N) is 2. The zero-order chi connectivity index (χ0) is 27.6. The fourth-order valence-electron chi connectivity index (χ4n) is 5.47. The molecule has 0 aliphatic heterocycles. The molecule has 7 nitrogen and oxygen atoms in total. The molecule has 2 aromatic carbocycles. The molecule has 1 heterocycles. The molecule has 1 aliphatic rings. The van der Waals surface area contributed by atoms with E-state index in [4.69, 9.17) is 0 Å². The number of aromatic hydroxyl groups is 1. The highest BCUT2D eigenvalue weighted by Crippen LogP contribution is 2.28. The highest BCUT2D eigenvalue weighted by atomic mass is 16.3. The standard InChI is InChI=1S/C32H42N4O3/c1-3-35(4-2)22-11-23-36(32(39)29-21-20-28(34-29)24-12-7-5-8-13-24)30(25-16-18-27(37)19-17-25)31(38)33-26-14-9-6-10-15-26/h5,7-8,12-13,16-21,26,30,34,37H,3-4,6,9-11,14-15,22-23H2,1-2H3,(H,33,38)/t30-/m0/s1. The summed E-state index contributed by atoms with van der Waals surface area (Å²) in [6.45, 7) is 7.40. The molecule has 3 N–H and O–H groups in total. The molecule has 4 rings (SSSR count). The third-order valence-corrected chi connectivity index (χ3v) is 7.75. The predicted octanol–water partition coefficient (Wildman–Crippen LogP) is 5.75. The number of carbonyl (C=O) groups is 2. The van der Waals surface area contributed by atoms with E-state index >= 15 is 0 Å². The van der Waals surface area contributed by atoms with Gasteiger partial charge in [-0.2, -0.15) is 0 Å². The molecule has 0 unspecified atom stereocenters. The van der Waals surface area contributed by atoms with Crippen LogP contribution in [0.3, 0.4) is 0 Å². The second kappa shape index (κ2) is 14.0. The number of carbonyl (C=O) groups excluding carboxylic acids is 2. The number of aromatic nitrogens is 1. The Morgan fingerprint density at radius 1 is 0.923 bits per heavy atom. The van der Waals surface area contributed by atoms with E-state index in [1.54, 1.807) is 35.2 Å². The van der Waals surface area contributed by atoms with E-state index in [0.717, 1.165) is 63.0 Å². The molecule has 39 heavy (non-hydrogen) atoms. The van der Waals surface area contributed by atoms with Crippen LogP contribution in [0.5, 0.6) is 5.75 Å². The van der Waals surface area contributed by atoms with Gasteiger partial charge in [0.1, 0.15) is 17.5 Å². The molecule has 0 spiro atoms. The predicted molar refractivity (Wildman–Crippen MR) is 156 cm³/mol. The molecule has 3 aromatic rings. The lowest BCUT2D eigenvalue weighted by Gasteiger charge is -2.33. The third kappa shape index (κ3) is 7.51. The lowest BCUT2D eigenvalue weighted by molar-refractivity contribution is -0.127. The van der Waals surface area contributed by atoms with E-state index in [-0.39, 0.29) is 23.6 Å².